The van der Waals surface area contributed by atoms with Crippen molar-refractivity contribution < 1.29 is 0 Å². The van der Waals surface area contributed by atoms with Crippen LogP contribution in [0, 0.1) is 0 Å². The van der Waals surface area contributed by atoms with E-state index >= 15 is 0 Å². The summed E-state index contributed by atoms with van der Waals surface area (Å²) in [6.07, 6.45) is 5.95. The number of rotatable bonds is 5. The molecule has 59 heavy (non-hydrogen) atoms. The van der Waals surface area contributed by atoms with E-state index in [1.807, 2.05) is 23.7 Å². The molecule has 12 rings (SSSR count). The van der Waals surface area contributed by atoms with Crippen LogP contribution in [0.1, 0.15) is 25.0 Å². The standard InChI is InChI=1S/C53H38N4SSi/c1-53(2)45-23-14-28-54-52(45)57(48-33-43-42-22-10-12-25-49(42)58-50(43)34-46(48)53)35-15-13-20-38(31-35)59(36-16-5-3-6-17-36,37-18-7-4-8-19-37)39-26-27-40-41-21-9-11-24-47(41)56-30-29-55-51(56)44(40)32-39/h3-34H,1-2H3. The maximum absolute atomic E-state index is 5.18. The maximum Gasteiger partial charge on any atom is 0.179 e. The van der Waals surface area contributed by atoms with Crippen molar-refractivity contribution in [3.05, 3.63) is 206 Å². The first-order chi connectivity index (χ1) is 29.0. The van der Waals surface area contributed by atoms with Gasteiger partial charge >= 0.3 is 0 Å². The fourth-order valence-corrected chi connectivity index (χ4v) is 16.0. The molecule has 4 aromatic heterocycles. The lowest BCUT2D eigenvalue weighted by molar-refractivity contribution is 0.628. The minimum Gasteiger partial charge on any atom is -0.299 e. The number of nitrogens with zero attached hydrogens (tertiary/aromatic N) is 4. The zero-order chi connectivity index (χ0) is 39.3. The first-order valence-electron chi connectivity index (χ1n) is 20.2. The second kappa shape index (κ2) is 12.8. The van der Waals surface area contributed by atoms with Crippen LogP contribution < -0.4 is 25.6 Å². The number of para-hydroxylation sites is 1. The van der Waals surface area contributed by atoms with Crippen LogP contribution in [-0.4, -0.2) is 22.4 Å². The van der Waals surface area contributed by atoms with E-state index in [1.165, 1.54) is 68.5 Å². The highest BCUT2D eigenvalue weighted by molar-refractivity contribution is 7.25. The molecule has 0 aliphatic carbocycles. The van der Waals surface area contributed by atoms with E-state index in [0.29, 0.717) is 0 Å². The molecular weight excluding hydrogens is 753 g/mol. The van der Waals surface area contributed by atoms with Gasteiger partial charge in [0.15, 0.2) is 8.07 Å². The monoisotopic (exact) mass is 790 g/mol. The number of imidazole rings is 1. The van der Waals surface area contributed by atoms with Gasteiger partial charge in [-0.15, -0.1) is 11.3 Å². The van der Waals surface area contributed by atoms with Crippen molar-refractivity contribution in [1.29, 1.82) is 0 Å². The zero-order valence-corrected chi connectivity index (χ0v) is 34.5. The number of hydrogen-bond donors (Lipinski definition) is 0. The average molecular weight is 791 g/mol. The molecule has 0 amide bonds. The Morgan fingerprint density at radius 1 is 0.492 bits per heavy atom. The van der Waals surface area contributed by atoms with E-state index in [-0.39, 0.29) is 5.41 Å². The SMILES string of the molecule is CC1(C)c2cc3sc4ccccc4c3cc2N(c2cccc([Si](c3ccccc3)(c3ccccc3)c3ccc4c5ccccc5n5ccnc5c4c3)c2)c2ncccc21. The summed E-state index contributed by atoms with van der Waals surface area (Å²) in [6, 6.07) is 65.7. The molecule has 0 saturated heterocycles. The Morgan fingerprint density at radius 2 is 1.20 bits per heavy atom. The van der Waals surface area contributed by atoms with Gasteiger partial charge in [0.2, 0.25) is 0 Å². The molecule has 280 valence electrons. The summed E-state index contributed by atoms with van der Waals surface area (Å²) in [5.41, 5.74) is 6.69. The second-order valence-corrected chi connectivity index (χ2v) is 21.1. The topological polar surface area (TPSA) is 33.4 Å². The summed E-state index contributed by atoms with van der Waals surface area (Å²) < 4.78 is 4.86. The van der Waals surface area contributed by atoms with Gasteiger partial charge < -0.3 is 0 Å². The molecule has 7 aromatic carbocycles. The quantitative estimate of drug-likeness (QED) is 0.0989. The summed E-state index contributed by atoms with van der Waals surface area (Å²) in [5.74, 6) is 0.979. The first-order valence-corrected chi connectivity index (χ1v) is 23.0. The van der Waals surface area contributed by atoms with Crippen LogP contribution in [0.5, 0.6) is 0 Å². The number of thiophene rings is 1. The summed E-state index contributed by atoms with van der Waals surface area (Å²) >= 11 is 1.88. The van der Waals surface area contributed by atoms with E-state index < -0.39 is 8.07 Å². The Kier molecular flexibility index (Phi) is 7.43. The van der Waals surface area contributed by atoms with Crippen LogP contribution in [0.4, 0.5) is 17.2 Å². The van der Waals surface area contributed by atoms with Crippen LogP contribution in [0.2, 0.25) is 0 Å². The Balaban J connectivity index is 1.16. The van der Waals surface area contributed by atoms with Gasteiger partial charge in [0.25, 0.3) is 0 Å². The number of benzene rings is 7. The fourth-order valence-electron chi connectivity index (χ4n) is 10.1. The average Bonchev–Trinajstić information content (AvgIpc) is 3.93. The minimum atomic E-state index is -3.01. The molecule has 0 atom stereocenters. The molecule has 11 aromatic rings. The molecule has 0 spiro atoms. The Morgan fingerprint density at radius 3 is 2.02 bits per heavy atom. The highest BCUT2D eigenvalue weighted by atomic mass is 32.1. The van der Waals surface area contributed by atoms with Crippen molar-refractivity contribution in [2.45, 2.75) is 19.3 Å². The molecule has 0 radical (unpaired) electrons. The van der Waals surface area contributed by atoms with Gasteiger partial charge in [0.05, 0.1) is 11.2 Å². The van der Waals surface area contributed by atoms with Gasteiger partial charge in [0, 0.05) is 66.2 Å². The van der Waals surface area contributed by atoms with Gasteiger partial charge in [-0.05, 0) is 74.2 Å². The summed E-state index contributed by atoms with van der Waals surface area (Å²) in [4.78, 5) is 12.6. The van der Waals surface area contributed by atoms with Crippen molar-refractivity contribution in [2.75, 3.05) is 4.90 Å². The van der Waals surface area contributed by atoms with Crippen molar-refractivity contribution in [3.8, 4) is 0 Å². The van der Waals surface area contributed by atoms with Gasteiger partial charge in [-0.3, -0.25) is 9.30 Å². The zero-order valence-electron chi connectivity index (χ0n) is 32.7. The van der Waals surface area contributed by atoms with Crippen molar-refractivity contribution >= 4 is 105 Å². The van der Waals surface area contributed by atoms with Crippen LogP contribution in [0.25, 0.3) is 47.5 Å². The number of anilines is 3. The lowest BCUT2D eigenvalue weighted by atomic mass is 9.74. The molecule has 0 saturated carbocycles. The van der Waals surface area contributed by atoms with E-state index in [0.717, 1.165) is 28.1 Å². The normalized spacial score (nSPS) is 13.7. The van der Waals surface area contributed by atoms with Gasteiger partial charge in [-0.25, -0.2) is 9.97 Å². The third-order valence-corrected chi connectivity index (χ3v) is 18.7. The van der Waals surface area contributed by atoms with Crippen molar-refractivity contribution in [1.82, 2.24) is 14.4 Å². The third kappa shape index (κ3) is 4.88. The Bertz CT molecular complexity index is 3400. The molecule has 4 nitrogen and oxygen atoms in total. The lowest BCUT2D eigenvalue weighted by Crippen LogP contribution is -2.74. The van der Waals surface area contributed by atoms with Gasteiger partial charge in [0.1, 0.15) is 11.5 Å². The molecule has 5 heterocycles. The molecular formula is C53H38N4SSi. The van der Waals surface area contributed by atoms with Gasteiger partial charge in [-0.2, -0.15) is 0 Å². The van der Waals surface area contributed by atoms with Crippen LogP contribution in [0.3, 0.4) is 0 Å². The number of fused-ring (bicyclic) bond motifs is 11. The molecule has 1 aliphatic heterocycles. The van der Waals surface area contributed by atoms with Crippen LogP contribution in [0.15, 0.2) is 195 Å². The summed E-state index contributed by atoms with van der Waals surface area (Å²) in [5, 5.41) is 11.4. The number of aromatic nitrogens is 3. The third-order valence-electron chi connectivity index (χ3n) is 12.8. The smallest absolute Gasteiger partial charge is 0.179 e. The maximum atomic E-state index is 5.18. The molecule has 6 heteroatoms. The molecule has 0 bridgehead atoms. The first kappa shape index (κ1) is 34.2. The lowest BCUT2D eigenvalue weighted by Gasteiger charge is -2.41. The van der Waals surface area contributed by atoms with Crippen molar-refractivity contribution in [3.63, 3.8) is 0 Å². The van der Waals surface area contributed by atoms with E-state index in [4.69, 9.17) is 9.97 Å². The molecule has 0 unspecified atom stereocenters. The van der Waals surface area contributed by atoms with E-state index in [2.05, 4.69) is 205 Å². The molecule has 0 N–H and O–H groups in total. The van der Waals surface area contributed by atoms with Crippen LogP contribution in [-0.2, 0) is 5.41 Å². The fraction of sp³-hybridized carbons (Fsp3) is 0.0566. The Hall–Kier alpha value is -6.86. The predicted molar refractivity (Wildman–Crippen MR) is 251 cm³/mol. The predicted octanol–water partition coefficient (Wildman–Crippen LogP) is 10.9. The second-order valence-electron chi connectivity index (χ2n) is 16.2. The number of pyridine rings is 2. The highest BCUT2D eigenvalue weighted by Crippen LogP contribution is 2.53. The summed E-state index contributed by atoms with van der Waals surface area (Å²) in [6.45, 7) is 4.70. The van der Waals surface area contributed by atoms with Crippen molar-refractivity contribution in [2.24, 2.45) is 0 Å². The van der Waals surface area contributed by atoms with Crippen LogP contribution >= 0.6 is 11.3 Å². The molecule has 1 aliphatic rings. The number of hydrogen-bond acceptors (Lipinski definition) is 4. The van der Waals surface area contributed by atoms with E-state index in [1.54, 1.807) is 0 Å². The van der Waals surface area contributed by atoms with Gasteiger partial charge in [-0.1, -0.05) is 147 Å². The summed E-state index contributed by atoms with van der Waals surface area (Å²) in [7, 11) is -3.01. The molecule has 0 fully saturated rings. The largest absolute Gasteiger partial charge is 0.299 e. The van der Waals surface area contributed by atoms with E-state index in [9.17, 15) is 0 Å². The minimum absolute atomic E-state index is 0.253. The highest BCUT2D eigenvalue weighted by Gasteiger charge is 2.43. The Labute approximate surface area is 347 Å².